The third kappa shape index (κ3) is 5.77. The molecule has 32 heavy (non-hydrogen) atoms. The highest BCUT2D eigenvalue weighted by molar-refractivity contribution is 6.07. The van der Waals surface area contributed by atoms with Crippen molar-refractivity contribution in [1.29, 1.82) is 0 Å². The summed E-state index contributed by atoms with van der Waals surface area (Å²) in [5.41, 5.74) is 0.895. The van der Waals surface area contributed by atoms with Gasteiger partial charge in [-0.25, -0.2) is 4.79 Å². The average Bonchev–Trinajstić information content (AvgIpc) is 2.77. The van der Waals surface area contributed by atoms with E-state index < -0.39 is 6.03 Å². The van der Waals surface area contributed by atoms with Crippen LogP contribution in [0.2, 0.25) is 0 Å². The summed E-state index contributed by atoms with van der Waals surface area (Å²) in [6.45, 7) is 5.76. The molecule has 2 aliphatic heterocycles. The number of amides is 4. The molecule has 0 saturated carbocycles. The van der Waals surface area contributed by atoms with Crippen LogP contribution in [0.15, 0.2) is 18.2 Å². The molecule has 2 aliphatic rings. The Morgan fingerprint density at radius 3 is 2.50 bits per heavy atom. The molecular formula is C23H31N3O6. The van der Waals surface area contributed by atoms with Crippen molar-refractivity contribution in [3.05, 3.63) is 23.8 Å². The van der Waals surface area contributed by atoms with Gasteiger partial charge in [0.1, 0.15) is 5.75 Å². The van der Waals surface area contributed by atoms with Gasteiger partial charge in [-0.15, -0.1) is 0 Å². The van der Waals surface area contributed by atoms with Crippen LogP contribution in [0.4, 0.5) is 10.5 Å². The van der Waals surface area contributed by atoms with Gasteiger partial charge in [0.15, 0.2) is 0 Å². The number of nitrogens with zero attached hydrogens (tertiary/aromatic N) is 2. The highest BCUT2D eigenvalue weighted by Crippen LogP contribution is 2.32. The maximum atomic E-state index is 13.1. The zero-order valence-electron chi connectivity index (χ0n) is 18.9. The minimum atomic E-state index is -0.533. The molecule has 0 unspecified atom stereocenters. The summed E-state index contributed by atoms with van der Waals surface area (Å²) in [4.78, 5) is 52.0. The largest absolute Gasteiger partial charge is 0.495 e. The lowest BCUT2D eigenvalue weighted by Gasteiger charge is -2.32. The average molecular weight is 446 g/mol. The highest BCUT2D eigenvalue weighted by Gasteiger charge is 2.29. The molecule has 2 saturated heterocycles. The van der Waals surface area contributed by atoms with Gasteiger partial charge < -0.3 is 14.4 Å². The Hall–Kier alpha value is -3.10. The van der Waals surface area contributed by atoms with Crippen molar-refractivity contribution in [2.45, 2.75) is 39.5 Å². The molecule has 2 fully saturated rings. The maximum absolute atomic E-state index is 13.1. The van der Waals surface area contributed by atoms with Gasteiger partial charge in [-0.05, 0) is 42.9 Å². The van der Waals surface area contributed by atoms with Crippen molar-refractivity contribution in [2.24, 2.45) is 11.8 Å². The molecule has 1 N–H and O–H groups in total. The van der Waals surface area contributed by atoms with E-state index in [2.05, 4.69) is 5.32 Å². The Morgan fingerprint density at radius 2 is 1.88 bits per heavy atom. The molecule has 0 aliphatic carbocycles. The number of carbonyl (C=O) groups excluding carboxylic acids is 4. The van der Waals surface area contributed by atoms with Crippen LogP contribution < -0.4 is 15.0 Å². The Kier molecular flexibility index (Phi) is 7.71. The van der Waals surface area contributed by atoms with Crippen molar-refractivity contribution in [1.82, 2.24) is 10.2 Å². The van der Waals surface area contributed by atoms with Gasteiger partial charge in [0.05, 0.1) is 19.4 Å². The van der Waals surface area contributed by atoms with Gasteiger partial charge in [0.2, 0.25) is 5.91 Å². The second-order valence-corrected chi connectivity index (χ2v) is 8.66. The Morgan fingerprint density at radius 1 is 1.16 bits per heavy atom. The van der Waals surface area contributed by atoms with Crippen LogP contribution in [0.1, 0.15) is 49.9 Å². The number of imide groups is 1. The maximum Gasteiger partial charge on any atom is 0.328 e. The minimum Gasteiger partial charge on any atom is -0.495 e. The molecule has 9 nitrogen and oxygen atoms in total. The number of esters is 1. The lowest BCUT2D eigenvalue weighted by Crippen LogP contribution is -2.49. The molecule has 0 atom stereocenters. The number of nitrogens with one attached hydrogen (secondary N) is 1. The predicted octanol–water partition coefficient (Wildman–Crippen LogP) is 2.58. The number of ether oxygens (including phenoxy) is 2. The van der Waals surface area contributed by atoms with Crippen molar-refractivity contribution >= 4 is 29.5 Å². The Bertz CT molecular complexity index is 876. The smallest absolute Gasteiger partial charge is 0.328 e. The number of hydrogen-bond acceptors (Lipinski definition) is 6. The van der Waals surface area contributed by atoms with Crippen LogP contribution in [-0.2, 0) is 14.3 Å². The van der Waals surface area contributed by atoms with E-state index in [1.807, 2.05) is 13.8 Å². The Labute approximate surface area is 188 Å². The zero-order valence-corrected chi connectivity index (χ0v) is 18.9. The minimum absolute atomic E-state index is 0.136. The first-order valence-corrected chi connectivity index (χ1v) is 11.0. The van der Waals surface area contributed by atoms with Gasteiger partial charge in [-0.3, -0.25) is 24.6 Å². The molecule has 9 heteroatoms. The van der Waals surface area contributed by atoms with E-state index in [0.29, 0.717) is 49.0 Å². The van der Waals surface area contributed by atoms with E-state index in [1.165, 1.54) is 12.0 Å². The van der Waals surface area contributed by atoms with Gasteiger partial charge in [-0.1, -0.05) is 13.8 Å². The first-order valence-electron chi connectivity index (χ1n) is 11.0. The second kappa shape index (κ2) is 10.5. The summed E-state index contributed by atoms with van der Waals surface area (Å²) in [5, 5.41) is 2.29. The van der Waals surface area contributed by atoms with Gasteiger partial charge in [0, 0.05) is 38.0 Å². The molecule has 0 aromatic heterocycles. The molecule has 174 valence electrons. The molecule has 2 heterocycles. The number of anilines is 1. The van der Waals surface area contributed by atoms with Gasteiger partial charge >= 0.3 is 12.0 Å². The fourth-order valence-corrected chi connectivity index (χ4v) is 3.90. The summed E-state index contributed by atoms with van der Waals surface area (Å²) in [6, 6.07) is 4.43. The van der Waals surface area contributed by atoms with Gasteiger partial charge in [0.25, 0.3) is 5.91 Å². The fourth-order valence-electron chi connectivity index (χ4n) is 3.90. The van der Waals surface area contributed by atoms with Crippen LogP contribution in [0.5, 0.6) is 5.75 Å². The van der Waals surface area contributed by atoms with Crippen LogP contribution >= 0.6 is 0 Å². The molecule has 0 radical (unpaired) electrons. The zero-order chi connectivity index (χ0) is 23.3. The van der Waals surface area contributed by atoms with Crippen molar-refractivity contribution in [2.75, 3.05) is 38.3 Å². The monoisotopic (exact) mass is 445 g/mol. The molecule has 3 rings (SSSR count). The number of likely N-dealkylation sites (tertiary alicyclic amines) is 1. The number of urea groups is 1. The summed E-state index contributed by atoms with van der Waals surface area (Å²) in [5.74, 6) is 0.326. The van der Waals surface area contributed by atoms with E-state index in [-0.39, 0.29) is 36.7 Å². The van der Waals surface area contributed by atoms with Crippen LogP contribution in [0.3, 0.4) is 0 Å². The highest BCUT2D eigenvalue weighted by atomic mass is 16.5. The molecular weight excluding hydrogens is 414 g/mol. The van der Waals surface area contributed by atoms with Crippen molar-refractivity contribution < 1.29 is 28.7 Å². The quantitative estimate of drug-likeness (QED) is 0.647. The number of rotatable bonds is 7. The third-order valence-electron chi connectivity index (χ3n) is 5.71. The lowest BCUT2D eigenvalue weighted by atomic mass is 9.93. The van der Waals surface area contributed by atoms with Crippen molar-refractivity contribution in [3.63, 3.8) is 0 Å². The van der Waals surface area contributed by atoms with E-state index in [4.69, 9.17) is 9.47 Å². The summed E-state index contributed by atoms with van der Waals surface area (Å²) >= 11 is 0. The topological polar surface area (TPSA) is 105 Å². The molecule has 1 aromatic carbocycles. The summed E-state index contributed by atoms with van der Waals surface area (Å²) in [7, 11) is 1.49. The number of piperidine rings is 1. The normalized spacial score (nSPS) is 17.4. The van der Waals surface area contributed by atoms with E-state index >= 15 is 0 Å². The molecule has 0 spiro atoms. The first-order chi connectivity index (χ1) is 15.3. The van der Waals surface area contributed by atoms with Crippen molar-refractivity contribution in [3.8, 4) is 5.75 Å². The molecule has 4 amide bonds. The number of hydrogen-bond donors (Lipinski definition) is 1. The van der Waals surface area contributed by atoms with Crippen LogP contribution in [0.25, 0.3) is 0 Å². The standard InChI is InChI=1S/C23H31N3O6/c1-15(2)14-32-21(28)12-16-6-9-25(10-7-16)22(29)17-4-5-19(31-3)18(13-17)26-11-8-20(27)24-23(26)30/h4-5,13,15-16H,6-12,14H2,1-3H3,(H,24,27,30). The van der Waals surface area contributed by atoms with E-state index in [9.17, 15) is 19.2 Å². The summed E-state index contributed by atoms with van der Waals surface area (Å²) < 4.78 is 10.6. The predicted molar refractivity (Wildman–Crippen MR) is 118 cm³/mol. The number of benzene rings is 1. The summed E-state index contributed by atoms with van der Waals surface area (Å²) in [6.07, 6.45) is 2.04. The van der Waals surface area contributed by atoms with E-state index in [0.717, 1.165) is 12.8 Å². The SMILES string of the molecule is COc1ccc(C(=O)N2CCC(CC(=O)OCC(C)C)CC2)cc1N1CCC(=O)NC1=O. The number of methoxy groups -OCH3 is 1. The molecule has 1 aromatic rings. The number of carbonyl (C=O) groups is 4. The molecule has 0 bridgehead atoms. The lowest BCUT2D eigenvalue weighted by molar-refractivity contribution is -0.146. The van der Waals surface area contributed by atoms with E-state index in [1.54, 1.807) is 23.1 Å². The first kappa shape index (κ1) is 23.6. The van der Waals surface area contributed by atoms with Crippen LogP contribution in [-0.4, -0.2) is 62.1 Å². The fraction of sp³-hybridized carbons (Fsp3) is 0.565. The third-order valence-corrected chi connectivity index (χ3v) is 5.71. The Balaban J connectivity index is 1.63. The van der Waals surface area contributed by atoms with Gasteiger partial charge in [-0.2, -0.15) is 0 Å². The second-order valence-electron chi connectivity index (χ2n) is 8.66. The van der Waals surface area contributed by atoms with Crippen LogP contribution in [0, 0.1) is 11.8 Å².